The molecule has 1 unspecified atom stereocenters. The van der Waals surface area contributed by atoms with Crippen LogP contribution in [0.1, 0.15) is 18.5 Å². The maximum absolute atomic E-state index is 5.68. The van der Waals surface area contributed by atoms with E-state index in [1.165, 1.54) is 24.3 Å². The Bertz CT molecular complexity index is 283. The third kappa shape index (κ3) is 2.85. The molecule has 0 amide bonds. The van der Waals surface area contributed by atoms with E-state index in [0.717, 1.165) is 18.0 Å². The van der Waals surface area contributed by atoms with Crippen molar-refractivity contribution in [1.82, 2.24) is 10.2 Å². The van der Waals surface area contributed by atoms with Crippen molar-refractivity contribution in [1.29, 1.82) is 0 Å². The molecule has 0 aromatic carbocycles. The fourth-order valence-electron chi connectivity index (χ4n) is 1.72. The molecule has 2 rings (SSSR count). The monoisotopic (exact) mass is 228 g/mol. The Morgan fingerprint density at radius 1 is 1.43 bits per heavy atom. The van der Waals surface area contributed by atoms with Gasteiger partial charge in [0.05, 0.1) is 5.69 Å². The van der Waals surface area contributed by atoms with Crippen molar-refractivity contribution >= 4 is 23.4 Å². The smallest absolute Gasteiger partial charge is 0.151 e. The molecule has 76 valence electrons. The average Bonchev–Trinajstić information content (AvgIpc) is 2.23. The summed E-state index contributed by atoms with van der Waals surface area (Å²) in [4.78, 5) is 0. The highest BCUT2D eigenvalue weighted by molar-refractivity contribution is 7.99. The van der Waals surface area contributed by atoms with Crippen LogP contribution in [0.2, 0.25) is 5.15 Å². The van der Waals surface area contributed by atoms with Crippen LogP contribution >= 0.6 is 23.4 Å². The summed E-state index contributed by atoms with van der Waals surface area (Å²) < 4.78 is 0. The van der Waals surface area contributed by atoms with Gasteiger partial charge in [0, 0.05) is 0 Å². The molecule has 0 spiro atoms. The quantitative estimate of drug-likeness (QED) is 0.779. The lowest BCUT2D eigenvalue weighted by Crippen LogP contribution is -2.14. The Kier molecular flexibility index (Phi) is 3.65. The van der Waals surface area contributed by atoms with E-state index in [9.17, 15) is 0 Å². The predicted octanol–water partition coefficient (Wildman–Crippen LogP) is 2.82. The van der Waals surface area contributed by atoms with E-state index >= 15 is 0 Å². The number of halogens is 1. The van der Waals surface area contributed by atoms with Crippen molar-refractivity contribution < 1.29 is 0 Å². The zero-order valence-corrected chi connectivity index (χ0v) is 9.52. The SMILES string of the molecule is Clc1ccc(CC2CCCSC2)nn1. The van der Waals surface area contributed by atoms with Gasteiger partial charge in [0.15, 0.2) is 5.15 Å². The minimum absolute atomic E-state index is 0.478. The first-order valence-corrected chi connectivity index (χ1v) is 6.44. The second kappa shape index (κ2) is 4.99. The summed E-state index contributed by atoms with van der Waals surface area (Å²) >= 11 is 7.73. The van der Waals surface area contributed by atoms with Crippen LogP contribution in [0.5, 0.6) is 0 Å². The molecule has 2 nitrogen and oxygen atoms in total. The van der Waals surface area contributed by atoms with Gasteiger partial charge in [-0.2, -0.15) is 16.9 Å². The number of aromatic nitrogens is 2. The van der Waals surface area contributed by atoms with Crippen LogP contribution in [0.3, 0.4) is 0 Å². The van der Waals surface area contributed by atoms with Crippen molar-refractivity contribution in [2.75, 3.05) is 11.5 Å². The van der Waals surface area contributed by atoms with Gasteiger partial charge in [-0.25, -0.2) is 0 Å². The lowest BCUT2D eigenvalue weighted by atomic mass is 9.99. The van der Waals surface area contributed by atoms with E-state index in [2.05, 4.69) is 22.0 Å². The molecule has 1 aromatic rings. The van der Waals surface area contributed by atoms with Crippen LogP contribution in [0, 0.1) is 5.92 Å². The third-order valence-electron chi connectivity index (χ3n) is 2.44. The van der Waals surface area contributed by atoms with Crippen LogP contribution in [-0.4, -0.2) is 21.7 Å². The second-order valence-corrected chi connectivity index (χ2v) is 5.17. The minimum atomic E-state index is 0.478. The van der Waals surface area contributed by atoms with E-state index in [4.69, 9.17) is 11.6 Å². The number of hydrogen-bond donors (Lipinski definition) is 0. The van der Waals surface area contributed by atoms with Gasteiger partial charge in [-0.05, 0) is 48.8 Å². The lowest BCUT2D eigenvalue weighted by Gasteiger charge is -2.20. The van der Waals surface area contributed by atoms with Crippen LogP contribution in [-0.2, 0) is 6.42 Å². The maximum atomic E-state index is 5.68. The molecule has 14 heavy (non-hydrogen) atoms. The number of nitrogens with zero attached hydrogens (tertiary/aromatic N) is 2. The summed E-state index contributed by atoms with van der Waals surface area (Å²) in [6, 6.07) is 3.80. The van der Waals surface area contributed by atoms with Crippen molar-refractivity contribution in [2.24, 2.45) is 5.92 Å². The molecular formula is C10H13ClN2S. The Labute approximate surface area is 93.4 Å². The Hall–Kier alpha value is -0.280. The van der Waals surface area contributed by atoms with Gasteiger partial charge in [-0.15, -0.1) is 5.10 Å². The molecule has 4 heteroatoms. The average molecular weight is 229 g/mol. The van der Waals surface area contributed by atoms with E-state index in [1.807, 2.05) is 12.1 Å². The summed E-state index contributed by atoms with van der Waals surface area (Å²) in [6.45, 7) is 0. The Balaban J connectivity index is 1.92. The van der Waals surface area contributed by atoms with Gasteiger partial charge in [0.25, 0.3) is 0 Å². The normalized spacial score (nSPS) is 22.2. The fourth-order valence-corrected chi connectivity index (χ4v) is 2.97. The summed E-state index contributed by atoms with van der Waals surface area (Å²) in [5, 5.41) is 8.41. The summed E-state index contributed by atoms with van der Waals surface area (Å²) in [7, 11) is 0. The topological polar surface area (TPSA) is 25.8 Å². The Morgan fingerprint density at radius 3 is 3.00 bits per heavy atom. The molecule has 0 saturated carbocycles. The first kappa shape index (κ1) is 10.2. The third-order valence-corrected chi connectivity index (χ3v) is 3.93. The first-order chi connectivity index (χ1) is 6.84. The number of hydrogen-bond acceptors (Lipinski definition) is 3. The largest absolute Gasteiger partial charge is 0.162 e. The van der Waals surface area contributed by atoms with Gasteiger partial charge in [-0.1, -0.05) is 11.6 Å². The molecule has 1 aliphatic rings. The highest BCUT2D eigenvalue weighted by Gasteiger charge is 2.14. The minimum Gasteiger partial charge on any atom is -0.162 e. The molecule has 0 aliphatic carbocycles. The molecule has 2 heterocycles. The predicted molar refractivity (Wildman–Crippen MR) is 60.8 cm³/mol. The van der Waals surface area contributed by atoms with Crippen molar-refractivity contribution in [3.05, 3.63) is 23.0 Å². The van der Waals surface area contributed by atoms with Crippen LogP contribution in [0.4, 0.5) is 0 Å². The first-order valence-electron chi connectivity index (χ1n) is 4.90. The molecule has 0 N–H and O–H groups in total. The zero-order valence-electron chi connectivity index (χ0n) is 7.95. The molecule has 1 atom stereocenters. The fraction of sp³-hybridized carbons (Fsp3) is 0.600. The molecule has 1 fully saturated rings. The molecule has 0 radical (unpaired) electrons. The van der Waals surface area contributed by atoms with Gasteiger partial charge >= 0.3 is 0 Å². The molecule has 1 aliphatic heterocycles. The standard InChI is InChI=1S/C10H13ClN2S/c11-10-4-3-9(12-13-10)6-8-2-1-5-14-7-8/h3-4,8H,1-2,5-7H2. The van der Waals surface area contributed by atoms with E-state index in [1.54, 1.807) is 0 Å². The molecular weight excluding hydrogens is 216 g/mol. The van der Waals surface area contributed by atoms with Crippen molar-refractivity contribution in [3.63, 3.8) is 0 Å². The summed E-state index contributed by atoms with van der Waals surface area (Å²) in [6.07, 6.45) is 3.73. The Morgan fingerprint density at radius 2 is 2.36 bits per heavy atom. The summed E-state index contributed by atoms with van der Waals surface area (Å²) in [5.74, 6) is 3.37. The molecule has 0 bridgehead atoms. The van der Waals surface area contributed by atoms with Gasteiger partial charge in [0.1, 0.15) is 0 Å². The maximum Gasteiger partial charge on any atom is 0.151 e. The molecule has 1 saturated heterocycles. The van der Waals surface area contributed by atoms with Crippen LogP contribution in [0.25, 0.3) is 0 Å². The number of rotatable bonds is 2. The van der Waals surface area contributed by atoms with E-state index < -0.39 is 0 Å². The highest BCUT2D eigenvalue weighted by Crippen LogP contribution is 2.25. The van der Waals surface area contributed by atoms with Crippen LogP contribution < -0.4 is 0 Å². The number of thioether (sulfide) groups is 1. The second-order valence-electron chi connectivity index (χ2n) is 3.63. The molecule has 1 aromatic heterocycles. The van der Waals surface area contributed by atoms with Gasteiger partial charge in [-0.3, -0.25) is 0 Å². The van der Waals surface area contributed by atoms with Crippen LogP contribution in [0.15, 0.2) is 12.1 Å². The van der Waals surface area contributed by atoms with E-state index in [-0.39, 0.29) is 0 Å². The summed E-state index contributed by atoms with van der Waals surface area (Å²) in [5.41, 5.74) is 1.07. The van der Waals surface area contributed by atoms with Crippen molar-refractivity contribution in [2.45, 2.75) is 19.3 Å². The van der Waals surface area contributed by atoms with Gasteiger partial charge in [0.2, 0.25) is 0 Å². The van der Waals surface area contributed by atoms with Crippen molar-refractivity contribution in [3.8, 4) is 0 Å². The van der Waals surface area contributed by atoms with Gasteiger partial charge < -0.3 is 0 Å². The highest BCUT2D eigenvalue weighted by atomic mass is 35.5. The zero-order chi connectivity index (χ0) is 9.80. The van der Waals surface area contributed by atoms with E-state index in [0.29, 0.717) is 5.15 Å². The lowest BCUT2D eigenvalue weighted by molar-refractivity contribution is 0.513.